The number of thiophene rings is 1. The fraction of sp³-hybridized carbons (Fsp3) is 0.714. The number of aromatic carboxylic acids is 1. The monoisotopic (exact) mass is 563 g/mol. The van der Waals surface area contributed by atoms with E-state index in [0.717, 1.165) is 37.0 Å². The Morgan fingerprint density at radius 1 is 1.03 bits per heavy atom. The third-order valence-electron chi connectivity index (χ3n) is 7.86. The summed E-state index contributed by atoms with van der Waals surface area (Å²) in [4.78, 5) is 53.7. The molecule has 2 saturated carbocycles. The number of rotatable bonds is 6. The lowest BCUT2D eigenvalue weighted by Gasteiger charge is -2.40. The SMILES string of the molecule is CC(C)(C)OC(=O)N1CC(OC(=O)NC2CCC(N(c3ccsc3C(=O)O)C(=O)[C@H]3CC[C@H](C)CC3)CC2)C1. The van der Waals surface area contributed by atoms with Crippen LogP contribution in [0.1, 0.15) is 88.7 Å². The summed E-state index contributed by atoms with van der Waals surface area (Å²) in [7, 11) is 0. The van der Waals surface area contributed by atoms with Crippen LogP contribution in [0.15, 0.2) is 11.4 Å². The van der Waals surface area contributed by atoms with Crippen molar-refractivity contribution in [2.45, 2.75) is 103 Å². The highest BCUT2D eigenvalue weighted by molar-refractivity contribution is 7.12. The molecular formula is C28H41N3O7S. The van der Waals surface area contributed by atoms with E-state index in [2.05, 4.69) is 12.2 Å². The van der Waals surface area contributed by atoms with Gasteiger partial charge in [-0.05, 0) is 89.5 Å². The first-order valence-corrected chi connectivity index (χ1v) is 14.9. The second-order valence-corrected chi connectivity index (χ2v) is 13.1. The lowest BCUT2D eigenvalue weighted by molar-refractivity contribution is -0.124. The van der Waals surface area contributed by atoms with E-state index in [4.69, 9.17) is 9.47 Å². The first-order valence-electron chi connectivity index (χ1n) is 14.0. The van der Waals surface area contributed by atoms with Crippen LogP contribution in [-0.2, 0) is 14.3 Å². The van der Waals surface area contributed by atoms with E-state index in [1.807, 2.05) is 0 Å². The molecule has 0 aromatic carbocycles. The summed E-state index contributed by atoms with van der Waals surface area (Å²) in [5, 5.41) is 14.4. The van der Waals surface area contributed by atoms with Crippen molar-refractivity contribution in [1.82, 2.24) is 10.2 Å². The average molecular weight is 564 g/mol. The molecule has 3 fully saturated rings. The topological polar surface area (TPSA) is 125 Å². The van der Waals surface area contributed by atoms with Gasteiger partial charge in [0.25, 0.3) is 0 Å². The van der Waals surface area contributed by atoms with Gasteiger partial charge in [0.05, 0.1) is 18.8 Å². The molecule has 11 heteroatoms. The van der Waals surface area contributed by atoms with E-state index in [9.17, 15) is 24.3 Å². The van der Waals surface area contributed by atoms with Crippen LogP contribution in [0.25, 0.3) is 0 Å². The molecule has 0 spiro atoms. The number of hydrogen-bond acceptors (Lipinski definition) is 7. The molecule has 3 aliphatic rings. The van der Waals surface area contributed by atoms with E-state index in [1.54, 1.807) is 37.1 Å². The van der Waals surface area contributed by atoms with Gasteiger partial charge in [0.15, 0.2) is 0 Å². The quantitative estimate of drug-likeness (QED) is 0.483. The van der Waals surface area contributed by atoms with Gasteiger partial charge in [0.2, 0.25) is 5.91 Å². The zero-order chi connectivity index (χ0) is 28.3. The maximum atomic E-state index is 13.8. The van der Waals surface area contributed by atoms with Crippen molar-refractivity contribution in [3.8, 4) is 0 Å². The lowest BCUT2D eigenvalue weighted by atomic mass is 9.81. The number of hydrogen-bond donors (Lipinski definition) is 2. The van der Waals surface area contributed by atoms with Gasteiger partial charge in [0, 0.05) is 18.0 Å². The molecule has 0 radical (unpaired) electrons. The maximum Gasteiger partial charge on any atom is 0.410 e. The van der Waals surface area contributed by atoms with Crippen LogP contribution in [0.4, 0.5) is 15.3 Å². The number of anilines is 1. The fourth-order valence-electron chi connectivity index (χ4n) is 5.67. The summed E-state index contributed by atoms with van der Waals surface area (Å²) in [5.41, 5.74) is -0.0843. The standard InChI is InChI=1S/C28H41N3O7S/c1-17-5-7-18(8-6-17)24(32)31(22-13-14-39-23(22)25(33)34)20-11-9-19(10-12-20)29-26(35)37-21-15-30(16-21)27(36)38-28(2,3)4/h13-14,17-21H,5-12,15-16H2,1-4H3,(H,29,35)(H,33,34)/t17-,18-,19?,20?. The molecule has 1 saturated heterocycles. The molecule has 2 N–H and O–H groups in total. The van der Waals surface area contributed by atoms with E-state index in [-0.39, 0.29) is 34.9 Å². The Bertz CT molecular complexity index is 1050. The van der Waals surface area contributed by atoms with Crippen LogP contribution >= 0.6 is 11.3 Å². The number of carboxylic acids is 1. The first-order chi connectivity index (χ1) is 18.4. The summed E-state index contributed by atoms with van der Waals surface area (Å²) in [5.74, 6) is -0.469. The van der Waals surface area contributed by atoms with Crippen LogP contribution in [0, 0.1) is 11.8 Å². The molecule has 0 unspecified atom stereocenters. The number of nitrogens with zero attached hydrogens (tertiary/aromatic N) is 2. The molecule has 1 aromatic rings. The number of carbonyl (C=O) groups is 4. The highest BCUT2D eigenvalue weighted by Gasteiger charge is 2.39. The van der Waals surface area contributed by atoms with Crippen molar-refractivity contribution in [2.24, 2.45) is 11.8 Å². The zero-order valence-corrected chi connectivity index (χ0v) is 24.1. The van der Waals surface area contributed by atoms with Crippen molar-refractivity contribution in [1.29, 1.82) is 0 Å². The average Bonchev–Trinajstić information content (AvgIpc) is 3.31. The van der Waals surface area contributed by atoms with E-state index < -0.39 is 23.8 Å². The number of ether oxygens (including phenoxy) is 2. The number of carboxylic acid groups (broad SMARTS) is 1. The number of alkyl carbamates (subject to hydrolysis) is 1. The Morgan fingerprint density at radius 2 is 1.67 bits per heavy atom. The summed E-state index contributed by atoms with van der Waals surface area (Å²) >= 11 is 1.14. The fourth-order valence-corrected chi connectivity index (χ4v) is 6.39. The molecule has 1 aromatic heterocycles. The Hall–Kier alpha value is -2.82. The van der Waals surface area contributed by atoms with Gasteiger partial charge >= 0.3 is 18.2 Å². The van der Waals surface area contributed by atoms with Crippen molar-refractivity contribution in [2.75, 3.05) is 18.0 Å². The molecule has 3 amide bonds. The third-order valence-corrected chi connectivity index (χ3v) is 8.75. The van der Waals surface area contributed by atoms with Crippen LogP contribution in [0.3, 0.4) is 0 Å². The molecule has 216 valence electrons. The summed E-state index contributed by atoms with van der Waals surface area (Å²) < 4.78 is 10.8. The predicted octanol–water partition coefficient (Wildman–Crippen LogP) is 5.26. The van der Waals surface area contributed by atoms with Crippen molar-refractivity contribution in [3.05, 3.63) is 16.3 Å². The van der Waals surface area contributed by atoms with Gasteiger partial charge in [-0.25, -0.2) is 14.4 Å². The smallest absolute Gasteiger partial charge is 0.410 e. The number of amides is 3. The third kappa shape index (κ3) is 7.43. The van der Waals surface area contributed by atoms with Gasteiger partial charge in [-0.2, -0.15) is 0 Å². The maximum absolute atomic E-state index is 13.8. The molecule has 39 heavy (non-hydrogen) atoms. The molecule has 1 aliphatic heterocycles. The Labute approximate surface area is 234 Å². The van der Waals surface area contributed by atoms with Crippen LogP contribution < -0.4 is 10.2 Å². The van der Waals surface area contributed by atoms with Crippen molar-refractivity contribution >= 4 is 41.1 Å². The largest absolute Gasteiger partial charge is 0.477 e. The first kappa shape index (κ1) is 29.2. The Kier molecular flexibility index (Phi) is 9.08. The van der Waals surface area contributed by atoms with Crippen molar-refractivity contribution < 1.29 is 33.8 Å². The lowest BCUT2D eigenvalue weighted by Crippen LogP contribution is -2.57. The minimum atomic E-state index is -1.02. The molecular weight excluding hydrogens is 522 g/mol. The molecule has 0 bridgehead atoms. The Morgan fingerprint density at radius 3 is 2.26 bits per heavy atom. The summed E-state index contributed by atoms with van der Waals surface area (Å²) in [6.07, 6.45) is 5.02. The summed E-state index contributed by atoms with van der Waals surface area (Å²) in [6.45, 7) is 8.23. The molecule has 0 atom stereocenters. The van der Waals surface area contributed by atoms with Gasteiger partial charge in [0.1, 0.15) is 16.6 Å². The number of carbonyl (C=O) groups excluding carboxylic acids is 3. The second-order valence-electron chi connectivity index (χ2n) is 12.2. The molecule has 2 heterocycles. The number of likely N-dealkylation sites (tertiary alicyclic amines) is 1. The zero-order valence-electron chi connectivity index (χ0n) is 23.3. The molecule has 10 nitrogen and oxygen atoms in total. The van der Waals surface area contributed by atoms with Gasteiger partial charge in [-0.1, -0.05) is 6.92 Å². The van der Waals surface area contributed by atoms with Crippen LogP contribution in [0.2, 0.25) is 0 Å². The highest BCUT2D eigenvalue weighted by atomic mass is 32.1. The minimum Gasteiger partial charge on any atom is -0.477 e. The molecule has 2 aliphatic carbocycles. The van der Waals surface area contributed by atoms with Gasteiger partial charge in [-0.15, -0.1) is 11.3 Å². The van der Waals surface area contributed by atoms with E-state index in [1.165, 1.54) is 4.90 Å². The minimum absolute atomic E-state index is 0.0261. The second kappa shape index (κ2) is 12.1. The van der Waals surface area contributed by atoms with Gasteiger partial charge < -0.3 is 29.7 Å². The van der Waals surface area contributed by atoms with Gasteiger partial charge in [-0.3, -0.25) is 4.79 Å². The normalized spacial score (nSPS) is 25.8. The molecule has 4 rings (SSSR count). The number of nitrogens with one attached hydrogen (secondary N) is 1. The van der Waals surface area contributed by atoms with E-state index in [0.29, 0.717) is 50.4 Å². The highest BCUT2D eigenvalue weighted by Crippen LogP contribution is 2.37. The van der Waals surface area contributed by atoms with Crippen molar-refractivity contribution in [3.63, 3.8) is 0 Å². The van der Waals surface area contributed by atoms with Crippen LogP contribution in [0.5, 0.6) is 0 Å². The predicted molar refractivity (Wildman–Crippen MR) is 147 cm³/mol. The Balaban J connectivity index is 1.30. The van der Waals surface area contributed by atoms with Crippen LogP contribution in [-0.4, -0.2) is 70.9 Å². The summed E-state index contributed by atoms with van der Waals surface area (Å²) in [6, 6.07) is 1.54. The van der Waals surface area contributed by atoms with E-state index >= 15 is 0 Å².